The molecule has 0 saturated heterocycles. The normalized spacial score (nSPS) is 12.2. The highest BCUT2D eigenvalue weighted by molar-refractivity contribution is 5.48. The Hall–Kier alpha value is -1.73. The van der Waals surface area contributed by atoms with Gasteiger partial charge in [-0.2, -0.15) is 0 Å². The number of hydrogen-bond acceptors (Lipinski definition) is 6. The zero-order valence-corrected chi connectivity index (χ0v) is 10.4. The fourth-order valence-electron chi connectivity index (χ4n) is 1.56. The molecule has 1 atom stereocenters. The minimum absolute atomic E-state index is 0.0348. The van der Waals surface area contributed by atoms with Crippen LogP contribution in [0.3, 0.4) is 0 Å². The van der Waals surface area contributed by atoms with Crippen LogP contribution in [0.4, 0.5) is 11.5 Å². The van der Waals surface area contributed by atoms with Crippen molar-refractivity contribution in [2.75, 3.05) is 25.6 Å². The molecule has 0 aromatic carbocycles. The van der Waals surface area contributed by atoms with Gasteiger partial charge in [-0.3, -0.25) is 10.1 Å². The number of rotatable bonds is 7. The summed E-state index contributed by atoms with van der Waals surface area (Å²) in [6.45, 7) is 2.21. The summed E-state index contributed by atoms with van der Waals surface area (Å²) in [5, 5.41) is 22.6. The number of hydrogen-bond donors (Lipinski definition) is 2. The Bertz CT molecular complexity index is 405. The third-order valence-corrected chi connectivity index (χ3v) is 2.46. The Morgan fingerprint density at radius 2 is 2.39 bits per heavy atom. The Kier molecular flexibility index (Phi) is 5.47. The number of anilines is 1. The number of ether oxygens (including phenoxy) is 1. The number of nitrogens with zero attached hydrogens (tertiary/aromatic N) is 2. The van der Waals surface area contributed by atoms with Gasteiger partial charge in [0.2, 0.25) is 0 Å². The molecule has 2 N–H and O–H groups in total. The van der Waals surface area contributed by atoms with Crippen LogP contribution in [0.2, 0.25) is 0 Å². The van der Waals surface area contributed by atoms with Gasteiger partial charge in [-0.25, -0.2) is 4.98 Å². The third kappa shape index (κ3) is 3.94. The molecule has 1 unspecified atom stereocenters. The summed E-state index contributed by atoms with van der Waals surface area (Å²) in [6, 6.07) is 1.38. The lowest BCUT2D eigenvalue weighted by atomic mass is 10.2. The average Bonchev–Trinajstić information content (AvgIpc) is 2.32. The molecule has 0 aliphatic carbocycles. The van der Waals surface area contributed by atoms with Gasteiger partial charge in [0.05, 0.1) is 17.6 Å². The van der Waals surface area contributed by atoms with E-state index in [0.29, 0.717) is 24.4 Å². The number of aliphatic hydroxyl groups is 1. The summed E-state index contributed by atoms with van der Waals surface area (Å²) in [7, 11) is 1.57. The van der Waals surface area contributed by atoms with Crippen LogP contribution in [0.25, 0.3) is 0 Å². The van der Waals surface area contributed by atoms with Crippen molar-refractivity contribution in [2.45, 2.75) is 19.4 Å². The summed E-state index contributed by atoms with van der Waals surface area (Å²) in [5.41, 5.74) is 0.645. The van der Waals surface area contributed by atoms with Crippen LogP contribution in [0.15, 0.2) is 12.3 Å². The van der Waals surface area contributed by atoms with E-state index in [1.807, 2.05) is 0 Å². The van der Waals surface area contributed by atoms with Crippen molar-refractivity contribution in [3.05, 3.63) is 27.9 Å². The molecule has 100 valence electrons. The van der Waals surface area contributed by atoms with Crippen LogP contribution < -0.4 is 5.32 Å². The summed E-state index contributed by atoms with van der Waals surface area (Å²) < 4.78 is 5.02. The Labute approximate surface area is 105 Å². The Morgan fingerprint density at radius 1 is 1.67 bits per heavy atom. The van der Waals surface area contributed by atoms with Crippen molar-refractivity contribution in [3.8, 4) is 0 Å². The monoisotopic (exact) mass is 255 g/mol. The third-order valence-electron chi connectivity index (χ3n) is 2.46. The molecule has 0 fully saturated rings. The molecule has 1 heterocycles. The molecule has 7 heteroatoms. The molecule has 0 aliphatic rings. The van der Waals surface area contributed by atoms with Crippen LogP contribution in [0.5, 0.6) is 0 Å². The fourth-order valence-corrected chi connectivity index (χ4v) is 1.56. The predicted octanol–water partition coefficient (Wildman–Crippen LogP) is 1.11. The number of pyridine rings is 1. The lowest BCUT2D eigenvalue weighted by molar-refractivity contribution is -0.385. The van der Waals surface area contributed by atoms with Crippen LogP contribution >= 0.6 is 0 Å². The molecule has 0 amide bonds. The molecule has 0 radical (unpaired) electrons. The van der Waals surface area contributed by atoms with Crippen LogP contribution in [0.1, 0.15) is 12.0 Å². The SMILES string of the molecule is COCC(CCO)Nc1ncc([N+](=O)[O-])cc1C. The van der Waals surface area contributed by atoms with E-state index in [2.05, 4.69) is 10.3 Å². The van der Waals surface area contributed by atoms with E-state index >= 15 is 0 Å². The van der Waals surface area contributed by atoms with Gasteiger partial charge in [0.15, 0.2) is 0 Å². The average molecular weight is 255 g/mol. The maximum absolute atomic E-state index is 10.6. The van der Waals surface area contributed by atoms with Crippen molar-refractivity contribution in [1.82, 2.24) is 4.98 Å². The second-order valence-electron chi connectivity index (χ2n) is 3.93. The molecule has 0 bridgehead atoms. The highest BCUT2D eigenvalue weighted by Crippen LogP contribution is 2.19. The quantitative estimate of drug-likeness (QED) is 0.559. The molecule has 7 nitrogen and oxygen atoms in total. The summed E-state index contributed by atoms with van der Waals surface area (Å²) >= 11 is 0. The van der Waals surface area contributed by atoms with E-state index in [-0.39, 0.29) is 18.3 Å². The molecule has 1 aromatic rings. The van der Waals surface area contributed by atoms with Gasteiger partial charge in [-0.15, -0.1) is 0 Å². The van der Waals surface area contributed by atoms with E-state index in [1.54, 1.807) is 14.0 Å². The van der Waals surface area contributed by atoms with Crippen molar-refractivity contribution in [3.63, 3.8) is 0 Å². The molecule has 1 rings (SSSR count). The molecular formula is C11H17N3O4. The van der Waals surface area contributed by atoms with Crippen molar-refractivity contribution >= 4 is 11.5 Å². The van der Waals surface area contributed by atoms with Crippen LogP contribution in [0, 0.1) is 17.0 Å². The lowest BCUT2D eigenvalue weighted by Crippen LogP contribution is -2.27. The van der Waals surface area contributed by atoms with Gasteiger partial charge in [0, 0.05) is 19.8 Å². The minimum Gasteiger partial charge on any atom is -0.396 e. The first-order valence-corrected chi connectivity index (χ1v) is 5.55. The van der Waals surface area contributed by atoms with Gasteiger partial charge in [0.1, 0.15) is 12.0 Å². The molecule has 0 aliphatic heterocycles. The van der Waals surface area contributed by atoms with Crippen LogP contribution in [-0.2, 0) is 4.74 Å². The summed E-state index contributed by atoms with van der Waals surface area (Å²) in [5.74, 6) is 0.566. The summed E-state index contributed by atoms with van der Waals surface area (Å²) in [6.07, 6.45) is 1.73. The smallest absolute Gasteiger partial charge is 0.287 e. The van der Waals surface area contributed by atoms with Gasteiger partial charge in [0.25, 0.3) is 5.69 Å². The van der Waals surface area contributed by atoms with Crippen molar-refractivity contribution in [1.29, 1.82) is 0 Å². The minimum atomic E-state index is -0.482. The molecular weight excluding hydrogens is 238 g/mol. The first-order valence-electron chi connectivity index (χ1n) is 5.55. The van der Waals surface area contributed by atoms with Crippen LogP contribution in [-0.4, -0.2) is 41.4 Å². The fraction of sp³-hybridized carbons (Fsp3) is 0.545. The highest BCUT2D eigenvalue weighted by atomic mass is 16.6. The number of aryl methyl sites for hydroxylation is 1. The van der Waals surface area contributed by atoms with Gasteiger partial charge < -0.3 is 15.2 Å². The molecule has 0 spiro atoms. The van der Waals surface area contributed by atoms with Gasteiger partial charge >= 0.3 is 0 Å². The van der Waals surface area contributed by atoms with E-state index in [1.165, 1.54) is 12.3 Å². The number of nitrogens with one attached hydrogen (secondary N) is 1. The maximum atomic E-state index is 10.6. The zero-order chi connectivity index (χ0) is 13.5. The topological polar surface area (TPSA) is 97.5 Å². The lowest BCUT2D eigenvalue weighted by Gasteiger charge is -2.18. The molecule has 1 aromatic heterocycles. The first kappa shape index (κ1) is 14.3. The Morgan fingerprint density at radius 3 is 2.89 bits per heavy atom. The molecule has 0 saturated carbocycles. The number of nitro groups is 1. The maximum Gasteiger partial charge on any atom is 0.287 e. The summed E-state index contributed by atoms with van der Waals surface area (Å²) in [4.78, 5) is 14.1. The second-order valence-corrected chi connectivity index (χ2v) is 3.93. The predicted molar refractivity (Wildman–Crippen MR) is 66.6 cm³/mol. The van der Waals surface area contributed by atoms with Crippen molar-refractivity contribution in [2.24, 2.45) is 0 Å². The number of aliphatic hydroxyl groups excluding tert-OH is 1. The van der Waals surface area contributed by atoms with Gasteiger partial charge in [-0.05, 0) is 18.9 Å². The largest absolute Gasteiger partial charge is 0.396 e. The van der Waals surface area contributed by atoms with E-state index < -0.39 is 4.92 Å². The van der Waals surface area contributed by atoms with E-state index in [9.17, 15) is 10.1 Å². The van der Waals surface area contributed by atoms with E-state index in [4.69, 9.17) is 9.84 Å². The van der Waals surface area contributed by atoms with Gasteiger partial charge in [-0.1, -0.05) is 0 Å². The first-order chi connectivity index (χ1) is 8.58. The molecule has 18 heavy (non-hydrogen) atoms. The second kappa shape index (κ2) is 6.87. The standard InChI is InChI=1S/C11H17N3O4/c1-8-5-10(14(16)17)6-12-11(8)13-9(3-4-15)7-18-2/h5-6,9,15H,3-4,7H2,1-2H3,(H,12,13). The number of methoxy groups -OCH3 is 1. The highest BCUT2D eigenvalue weighted by Gasteiger charge is 2.13. The van der Waals surface area contributed by atoms with E-state index in [0.717, 1.165) is 0 Å². The van der Waals surface area contributed by atoms with Crippen molar-refractivity contribution < 1.29 is 14.8 Å². The number of aromatic nitrogens is 1. The zero-order valence-electron chi connectivity index (χ0n) is 10.4. The Balaban J connectivity index is 2.79.